The van der Waals surface area contributed by atoms with Crippen molar-refractivity contribution >= 4 is 16.7 Å². The van der Waals surface area contributed by atoms with E-state index in [0.717, 1.165) is 16.3 Å². The predicted molar refractivity (Wildman–Crippen MR) is 63.3 cm³/mol. The first-order valence-electron chi connectivity index (χ1n) is 5.13. The van der Waals surface area contributed by atoms with Crippen molar-refractivity contribution in [2.75, 3.05) is 0 Å². The number of hydrogen-bond donors (Lipinski definition) is 2. The first-order valence-corrected chi connectivity index (χ1v) is 5.13. The number of carbonyl (C=O) groups is 1. The topological polar surface area (TPSA) is 63.3 Å². The molecular weight excluding hydrogens is 282 g/mol. The number of carboxylic acid groups (broad SMARTS) is 1. The third-order valence-electron chi connectivity index (χ3n) is 2.59. The Morgan fingerprint density at radius 1 is 1.18 bits per heavy atom. The zero-order valence-corrected chi connectivity index (χ0v) is 10.7. The maximum atomic E-state index is 10.6. The Morgan fingerprint density at radius 3 is 2.47 bits per heavy atom. The second kappa shape index (κ2) is 5.80. The molecule has 0 spiro atoms. The van der Waals surface area contributed by atoms with Crippen LogP contribution in [0.25, 0.3) is 10.8 Å². The van der Waals surface area contributed by atoms with Crippen LogP contribution in [-0.4, -0.2) is 17.1 Å². The van der Waals surface area contributed by atoms with Gasteiger partial charge in [0.2, 0.25) is 0 Å². The lowest BCUT2D eigenvalue weighted by Gasteiger charge is -2.07. The molecule has 0 heterocycles. The van der Waals surface area contributed by atoms with Gasteiger partial charge >= 0.3 is 5.97 Å². The smallest absolute Gasteiger partial charge is 0.320 e. The Bertz CT molecular complexity index is 528. The van der Waals surface area contributed by atoms with E-state index in [9.17, 15) is 4.79 Å². The van der Waals surface area contributed by atoms with Crippen LogP contribution in [0.2, 0.25) is 0 Å². The first-order chi connectivity index (χ1) is 7.66. The summed E-state index contributed by atoms with van der Waals surface area (Å²) in [7, 11) is 0. The Kier molecular flexibility index (Phi) is 4.66. The fraction of sp³-hybridized carbons (Fsp3) is 0.154. The lowest BCUT2D eigenvalue weighted by atomic mass is 10.0. The van der Waals surface area contributed by atoms with E-state index in [1.807, 2.05) is 42.5 Å². The Balaban J connectivity index is 0.00000144. The van der Waals surface area contributed by atoms with Crippen molar-refractivity contribution in [1.29, 1.82) is 0 Å². The van der Waals surface area contributed by atoms with Gasteiger partial charge in [0.1, 0.15) is 6.04 Å². The van der Waals surface area contributed by atoms with Crippen molar-refractivity contribution in [2.45, 2.75) is 12.5 Å². The molecular formula is C13H13BrNO2-. The second-order valence-corrected chi connectivity index (χ2v) is 3.83. The molecule has 0 unspecified atom stereocenters. The Morgan fingerprint density at radius 2 is 1.82 bits per heavy atom. The number of hydrogen-bond acceptors (Lipinski definition) is 2. The molecule has 0 fully saturated rings. The van der Waals surface area contributed by atoms with Gasteiger partial charge in [0.05, 0.1) is 0 Å². The van der Waals surface area contributed by atoms with Crippen LogP contribution in [0.1, 0.15) is 5.56 Å². The molecule has 3 nitrogen and oxygen atoms in total. The third-order valence-corrected chi connectivity index (χ3v) is 2.59. The number of nitrogens with two attached hydrogens (primary N) is 1. The van der Waals surface area contributed by atoms with Crippen molar-refractivity contribution in [3.05, 3.63) is 48.0 Å². The van der Waals surface area contributed by atoms with Gasteiger partial charge in [-0.1, -0.05) is 42.5 Å². The summed E-state index contributed by atoms with van der Waals surface area (Å²) < 4.78 is 0. The van der Waals surface area contributed by atoms with E-state index in [1.54, 1.807) is 0 Å². The molecule has 0 aromatic heterocycles. The highest BCUT2D eigenvalue weighted by Gasteiger charge is 2.11. The summed E-state index contributed by atoms with van der Waals surface area (Å²) in [4.78, 5) is 10.6. The summed E-state index contributed by atoms with van der Waals surface area (Å²) in [6.07, 6.45) is 0.361. The zero-order valence-electron chi connectivity index (χ0n) is 9.14. The van der Waals surface area contributed by atoms with Gasteiger partial charge in [0, 0.05) is 0 Å². The van der Waals surface area contributed by atoms with Crippen LogP contribution in [-0.2, 0) is 11.2 Å². The Labute approximate surface area is 110 Å². The van der Waals surface area contributed by atoms with Crippen LogP contribution in [0.5, 0.6) is 0 Å². The fourth-order valence-corrected chi connectivity index (χ4v) is 1.71. The minimum absolute atomic E-state index is 0. The van der Waals surface area contributed by atoms with Gasteiger partial charge in [-0.3, -0.25) is 4.79 Å². The molecule has 2 rings (SSSR count). The molecule has 0 aliphatic heterocycles. The van der Waals surface area contributed by atoms with Gasteiger partial charge in [-0.25, -0.2) is 0 Å². The largest absolute Gasteiger partial charge is 1.00 e. The summed E-state index contributed by atoms with van der Waals surface area (Å²) in [6.45, 7) is 0. The minimum atomic E-state index is -0.965. The molecule has 0 aliphatic carbocycles. The highest BCUT2D eigenvalue weighted by molar-refractivity contribution is 5.83. The highest BCUT2D eigenvalue weighted by Crippen LogP contribution is 2.16. The first kappa shape index (κ1) is 13.7. The highest BCUT2D eigenvalue weighted by atomic mass is 79.9. The summed E-state index contributed by atoms with van der Waals surface area (Å²) in [5, 5.41) is 11.0. The summed E-state index contributed by atoms with van der Waals surface area (Å²) >= 11 is 0. The summed E-state index contributed by atoms with van der Waals surface area (Å²) in [5.41, 5.74) is 6.45. The molecule has 0 amide bonds. The molecule has 90 valence electrons. The average molecular weight is 295 g/mol. The molecule has 0 radical (unpaired) electrons. The molecule has 0 bridgehead atoms. The van der Waals surface area contributed by atoms with E-state index in [0.29, 0.717) is 6.42 Å². The van der Waals surface area contributed by atoms with Gasteiger partial charge in [-0.05, 0) is 22.8 Å². The molecule has 3 N–H and O–H groups in total. The van der Waals surface area contributed by atoms with Gasteiger partial charge in [-0.15, -0.1) is 0 Å². The lowest BCUT2D eigenvalue weighted by molar-refractivity contribution is -0.138. The molecule has 0 aliphatic rings. The molecule has 1 atom stereocenters. The molecule has 0 saturated heterocycles. The van der Waals surface area contributed by atoms with E-state index in [1.165, 1.54) is 0 Å². The maximum Gasteiger partial charge on any atom is 0.320 e. The fourth-order valence-electron chi connectivity index (χ4n) is 1.71. The number of halogens is 1. The van der Waals surface area contributed by atoms with E-state index < -0.39 is 12.0 Å². The SMILES string of the molecule is N[C@@H](Cc1ccc2ccccc2c1)C(=O)O.[Br-]. The van der Waals surface area contributed by atoms with Crippen molar-refractivity contribution in [3.8, 4) is 0 Å². The number of rotatable bonds is 3. The van der Waals surface area contributed by atoms with Crippen LogP contribution in [0, 0.1) is 0 Å². The number of aliphatic carboxylic acids is 1. The number of carboxylic acids is 1. The number of benzene rings is 2. The predicted octanol–water partition coefficient (Wildman–Crippen LogP) is -1.20. The van der Waals surface area contributed by atoms with E-state index >= 15 is 0 Å². The standard InChI is InChI=1S/C13H13NO2.BrH/c14-12(13(15)16)8-9-5-6-10-3-1-2-4-11(10)7-9;/h1-7,12H,8,14H2,(H,15,16);1H/p-1/t12-;/m0./s1. The van der Waals surface area contributed by atoms with Crippen LogP contribution in [0.15, 0.2) is 42.5 Å². The summed E-state index contributed by atoms with van der Waals surface area (Å²) in [5.74, 6) is -0.965. The van der Waals surface area contributed by atoms with E-state index in [2.05, 4.69) is 0 Å². The van der Waals surface area contributed by atoms with Gasteiger partial charge in [0.15, 0.2) is 0 Å². The van der Waals surface area contributed by atoms with E-state index in [4.69, 9.17) is 10.8 Å². The molecule has 2 aromatic carbocycles. The average Bonchev–Trinajstić information content (AvgIpc) is 2.28. The lowest BCUT2D eigenvalue weighted by Crippen LogP contribution is -3.00. The van der Waals surface area contributed by atoms with E-state index in [-0.39, 0.29) is 17.0 Å². The van der Waals surface area contributed by atoms with Crippen molar-refractivity contribution in [1.82, 2.24) is 0 Å². The van der Waals surface area contributed by atoms with Crippen LogP contribution in [0.3, 0.4) is 0 Å². The monoisotopic (exact) mass is 294 g/mol. The van der Waals surface area contributed by atoms with Crippen LogP contribution < -0.4 is 22.7 Å². The van der Waals surface area contributed by atoms with Crippen molar-refractivity contribution < 1.29 is 26.9 Å². The van der Waals surface area contributed by atoms with Crippen molar-refractivity contribution in [2.24, 2.45) is 5.73 Å². The third kappa shape index (κ3) is 3.28. The maximum absolute atomic E-state index is 10.6. The quantitative estimate of drug-likeness (QED) is 0.747. The number of fused-ring (bicyclic) bond motifs is 1. The van der Waals surface area contributed by atoms with Crippen molar-refractivity contribution in [3.63, 3.8) is 0 Å². The molecule has 2 aromatic rings. The van der Waals surface area contributed by atoms with Gasteiger partial charge in [-0.2, -0.15) is 0 Å². The molecule has 17 heavy (non-hydrogen) atoms. The van der Waals surface area contributed by atoms with Gasteiger partial charge in [0.25, 0.3) is 0 Å². The second-order valence-electron chi connectivity index (χ2n) is 3.83. The van der Waals surface area contributed by atoms with Crippen LogP contribution >= 0.6 is 0 Å². The summed E-state index contributed by atoms with van der Waals surface area (Å²) in [6, 6.07) is 13.0. The minimum Gasteiger partial charge on any atom is -1.00 e. The van der Waals surface area contributed by atoms with Gasteiger partial charge < -0.3 is 27.8 Å². The molecule has 4 heteroatoms. The zero-order chi connectivity index (χ0) is 11.5. The molecule has 0 saturated carbocycles. The van der Waals surface area contributed by atoms with Crippen LogP contribution in [0.4, 0.5) is 0 Å². The normalized spacial score (nSPS) is 11.8. The Hall–Kier alpha value is -1.39.